The highest BCUT2D eigenvalue weighted by atomic mass is 16.5. The van der Waals surface area contributed by atoms with Crippen LogP contribution in [0, 0.1) is 6.92 Å². The van der Waals surface area contributed by atoms with Crippen LogP contribution in [0.4, 0.5) is 17.5 Å². The Morgan fingerprint density at radius 1 is 1.03 bits per heavy atom. The second-order valence-corrected chi connectivity index (χ2v) is 6.84. The number of rotatable bonds is 8. The normalized spacial score (nSPS) is 10.8. The zero-order valence-corrected chi connectivity index (χ0v) is 16.7. The summed E-state index contributed by atoms with van der Waals surface area (Å²) in [5.74, 6) is 2.23. The Morgan fingerprint density at radius 3 is 2.69 bits per heavy atom. The first-order chi connectivity index (χ1) is 14.2. The van der Waals surface area contributed by atoms with Crippen LogP contribution >= 0.6 is 0 Å². The minimum atomic E-state index is 0.573. The van der Waals surface area contributed by atoms with E-state index in [1.165, 1.54) is 16.5 Å². The molecule has 0 saturated heterocycles. The van der Waals surface area contributed by atoms with Gasteiger partial charge in [-0.15, -0.1) is 0 Å². The number of fused-ring (bicyclic) bond motifs is 1. The van der Waals surface area contributed by atoms with Crippen LogP contribution in [0.2, 0.25) is 0 Å². The van der Waals surface area contributed by atoms with Gasteiger partial charge in [-0.3, -0.25) is 0 Å². The number of nitrogens with zero attached hydrogens (tertiary/aromatic N) is 2. The van der Waals surface area contributed by atoms with Crippen molar-refractivity contribution >= 4 is 28.4 Å². The molecule has 0 bridgehead atoms. The van der Waals surface area contributed by atoms with Gasteiger partial charge in [0.25, 0.3) is 0 Å². The van der Waals surface area contributed by atoms with Crippen LogP contribution in [-0.4, -0.2) is 28.1 Å². The quantitative estimate of drug-likeness (QED) is 0.394. The second-order valence-electron chi connectivity index (χ2n) is 6.84. The van der Waals surface area contributed by atoms with Crippen molar-refractivity contribution in [3.63, 3.8) is 0 Å². The maximum Gasteiger partial charge on any atom is 0.229 e. The summed E-state index contributed by atoms with van der Waals surface area (Å²) < 4.78 is 5.48. The minimum Gasteiger partial charge on any atom is -0.494 e. The molecule has 3 N–H and O–H groups in total. The molecule has 0 unspecified atom stereocenters. The van der Waals surface area contributed by atoms with Gasteiger partial charge in [0.1, 0.15) is 11.6 Å². The third kappa shape index (κ3) is 4.66. The summed E-state index contributed by atoms with van der Waals surface area (Å²) in [4.78, 5) is 12.4. The molecule has 2 aromatic carbocycles. The van der Waals surface area contributed by atoms with Gasteiger partial charge in [-0.2, -0.15) is 4.98 Å². The summed E-state index contributed by atoms with van der Waals surface area (Å²) in [6.45, 7) is 5.39. The first-order valence-electron chi connectivity index (χ1n) is 9.85. The molecule has 0 aliphatic heterocycles. The molecule has 4 aromatic rings. The van der Waals surface area contributed by atoms with Crippen molar-refractivity contribution in [1.29, 1.82) is 0 Å². The zero-order chi connectivity index (χ0) is 20.1. The van der Waals surface area contributed by atoms with E-state index >= 15 is 0 Å². The molecule has 0 fully saturated rings. The molecule has 6 heteroatoms. The monoisotopic (exact) mass is 387 g/mol. The summed E-state index contributed by atoms with van der Waals surface area (Å²) in [5, 5.41) is 7.94. The van der Waals surface area contributed by atoms with Crippen molar-refractivity contribution < 1.29 is 4.74 Å². The van der Waals surface area contributed by atoms with Crippen LogP contribution < -0.4 is 15.4 Å². The van der Waals surface area contributed by atoms with Crippen LogP contribution in [0.1, 0.15) is 18.2 Å². The Kier molecular flexibility index (Phi) is 5.61. The van der Waals surface area contributed by atoms with Gasteiger partial charge >= 0.3 is 0 Å². The van der Waals surface area contributed by atoms with E-state index in [9.17, 15) is 0 Å². The molecule has 0 aliphatic rings. The molecule has 0 saturated carbocycles. The fourth-order valence-corrected chi connectivity index (χ4v) is 3.31. The molecule has 6 nitrogen and oxygen atoms in total. The fraction of sp³-hybridized carbons (Fsp3) is 0.217. The van der Waals surface area contributed by atoms with Gasteiger partial charge in [0.05, 0.1) is 6.61 Å². The summed E-state index contributed by atoms with van der Waals surface area (Å²) >= 11 is 0. The lowest BCUT2D eigenvalue weighted by Crippen LogP contribution is -2.08. The first kappa shape index (κ1) is 18.8. The van der Waals surface area contributed by atoms with Gasteiger partial charge in [-0.1, -0.05) is 18.2 Å². The molecule has 2 heterocycles. The molecule has 29 heavy (non-hydrogen) atoms. The van der Waals surface area contributed by atoms with Crippen molar-refractivity contribution in [2.75, 3.05) is 23.8 Å². The predicted molar refractivity (Wildman–Crippen MR) is 118 cm³/mol. The van der Waals surface area contributed by atoms with E-state index < -0.39 is 0 Å². The van der Waals surface area contributed by atoms with Crippen LogP contribution in [0.3, 0.4) is 0 Å². The maximum atomic E-state index is 5.48. The molecule has 0 amide bonds. The van der Waals surface area contributed by atoms with E-state index in [1.807, 2.05) is 50.2 Å². The lowest BCUT2D eigenvalue weighted by molar-refractivity contribution is 0.340. The van der Waals surface area contributed by atoms with Crippen molar-refractivity contribution in [1.82, 2.24) is 15.0 Å². The Bertz CT molecular complexity index is 1090. The number of hydrogen-bond donors (Lipinski definition) is 3. The molecule has 148 valence electrons. The summed E-state index contributed by atoms with van der Waals surface area (Å²) in [5.41, 5.74) is 4.29. The second kappa shape index (κ2) is 8.65. The predicted octanol–water partition coefficient (Wildman–Crippen LogP) is 5.06. The lowest BCUT2D eigenvalue weighted by Gasteiger charge is -2.10. The maximum absolute atomic E-state index is 5.48. The van der Waals surface area contributed by atoms with Gasteiger partial charge in [0.15, 0.2) is 0 Å². The average molecular weight is 387 g/mol. The molecule has 0 atom stereocenters. The highest BCUT2D eigenvalue weighted by Crippen LogP contribution is 2.20. The third-order valence-corrected chi connectivity index (χ3v) is 4.65. The van der Waals surface area contributed by atoms with E-state index in [1.54, 1.807) is 0 Å². The number of aryl methyl sites for hydroxylation is 1. The Hall–Kier alpha value is -3.54. The highest BCUT2D eigenvalue weighted by Gasteiger charge is 2.05. The van der Waals surface area contributed by atoms with Gasteiger partial charge < -0.3 is 20.4 Å². The molecule has 0 aliphatic carbocycles. The van der Waals surface area contributed by atoms with E-state index in [-0.39, 0.29) is 0 Å². The van der Waals surface area contributed by atoms with Gasteiger partial charge in [-0.05, 0) is 56.2 Å². The van der Waals surface area contributed by atoms with Crippen LogP contribution in [0.25, 0.3) is 10.9 Å². The minimum absolute atomic E-state index is 0.573. The Balaban J connectivity index is 1.40. The summed E-state index contributed by atoms with van der Waals surface area (Å²) in [6, 6.07) is 18.1. The van der Waals surface area contributed by atoms with Crippen molar-refractivity contribution in [2.24, 2.45) is 0 Å². The molecule has 2 aromatic heterocycles. The topological polar surface area (TPSA) is 74.9 Å². The highest BCUT2D eigenvalue weighted by molar-refractivity contribution is 5.83. The molecule has 0 radical (unpaired) electrons. The third-order valence-electron chi connectivity index (χ3n) is 4.65. The Morgan fingerprint density at radius 2 is 1.86 bits per heavy atom. The molecular weight excluding hydrogens is 362 g/mol. The van der Waals surface area contributed by atoms with Gasteiger partial charge in [-0.25, -0.2) is 4.98 Å². The van der Waals surface area contributed by atoms with Crippen molar-refractivity contribution in [3.8, 4) is 5.75 Å². The number of anilines is 3. The number of benzene rings is 2. The smallest absolute Gasteiger partial charge is 0.229 e. The summed E-state index contributed by atoms with van der Waals surface area (Å²) in [7, 11) is 0. The first-order valence-corrected chi connectivity index (χ1v) is 9.85. The Labute approximate surface area is 170 Å². The van der Waals surface area contributed by atoms with Crippen molar-refractivity contribution in [3.05, 3.63) is 72.1 Å². The average Bonchev–Trinajstić information content (AvgIpc) is 3.13. The standard InChI is InChI=1S/C23H25N5O/c1-3-29-19-10-8-18(9-11-19)27-23-26-16(2)14-22(28-23)24-13-12-17-15-25-21-7-5-4-6-20(17)21/h4-11,14-15,25H,3,12-13H2,1-2H3,(H2,24,26,27,28). The van der Waals surface area contributed by atoms with Crippen LogP contribution in [-0.2, 0) is 6.42 Å². The largest absolute Gasteiger partial charge is 0.494 e. The van der Waals surface area contributed by atoms with E-state index in [2.05, 4.69) is 50.0 Å². The SMILES string of the molecule is CCOc1ccc(Nc2nc(C)cc(NCCc3c[nH]c4ccccc34)n2)cc1. The zero-order valence-electron chi connectivity index (χ0n) is 16.7. The van der Waals surface area contributed by atoms with Gasteiger partial charge in [0.2, 0.25) is 5.95 Å². The lowest BCUT2D eigenvalue weighted by atomic mass is 10.1. The number of para-hydroxylation sites is 1. The number of H-pyrrole nitrogens is 1. The number of ether oxygens (including phenoxy) is 1. The van der Waals surface area contributed by atoms with Gasteiger partial charge in [0, 0.05) is 41.1 Å². The number of aromatic amines is 1. The van der Waals surface area contributed by atoms with Crippen LogP contribution in [0.15, 0.2) is 60.8 Å². The molecule has 0 spiro atoms. The number of hydrogen-bond acceptors (Lipinski definition) is 5. The van der Waals surface area contributed by atoms with Crippen molar-refractivity contribution in [2.45, 2.75) is 20.3 Å². The fourth-order valence-electron chi connectivity index (χ4n) is 3.31. The molecular formula is C23H25N5O. The van der Waals surface area contributed by atoms with E-state index in [0.717, 1.165) is 35.9 Å². The van der Waals surface area contributed by atoms with E-state index in [0.29, 0.717) is 12.6 Å². The summed E-state index contributed by atoms with van der Waals surface area (Å²) in [6.07, 6.45) is 2.99. The van der Waals surface area contributed by atoms with E-state index in [4.69, 9.17) is 4.74 Å². The number of aromatic nitrogens is 3. The van der Waals surface area contributed by atoms with Crippen LogP contribution in [0.5, 0.6) is 5.75 Å². The number of nitrogens with one attached hydrogen (secondary N) is 3. The molecule has 4 rings (SSSR count).